The van der Waals surface area contributed by atoms with Gasteiger partial charge in [0.1, 0.15) is 5.69 Å². The first-order valence-electron chi connectivity index (χ1n) is 5.41. The number of aryl methyl sites for hydroxylation is 1. The SMILES string of the molecule is Cc1ccc(NC(=O)C(N)CC(N)=O)c([N+](=O)[O-])c1. The number of nitro groups is 1. The van der Waals surface area contributed by atoms with Crippen molar-refractivity contribution < 1.29 is 14.5 Å². The van der Waals surface area contributed by atoms with E-state index in [4.69, 9.17) is 11.5 Å². The molecule has 19 heavy (non-hydrogen) atoms. The molecular weight excluding hydrogens is 252 g/mol. The highest BCUT2D eigenvalue weighted by molar-refractivity contribution is 5.98. The maximum atomic E-state index is 11.6. The fourth-order valence-corrected chi connectivity index (χ4v) is 1.43. The molecule has 0 fully saturated rings. The van der Waals surface area contributed by atoms with Gasteiger partial charge in [0.05, 0.1) is 17.4 Å². The van der Waals surface area contributed by atoms with Crippen LogP contribution >= 0.6 is 0 Å². The fourth-order valence-electron chi connectivity index (χ4n) is 1.43. The predicted molar refractivity (Wildman–Crippen MR) is 68.2 cm³/mol. The number of nitro benzene ring substituents is 1. The molecule has 0 radical (unpaired) electrons. The molecule has 0 heterocycles. The van der Waals surface area contributed by atoms with Gasteiger partial charge in [0.15, 0.2) is 0 Å². The Hall–Kier alpha value is -2.48. The molecule has 1 unspecified atom stereocenters. The minimum atomic E-state index is -1.14. The third-order valence-electron chi connectivity index (χ3n) is 2.37. The lowest BCUT2D eigenvalue weighted by Gasteiger charge is -2.11. The van der Waals surface area contributed by atoms with Crippen molar-refractivity contribution in [2.75, 3.05) is 5.32 Å². The molecule has 1 rings (SSSR count). The van der Waals surface area contributed by atoms with E-state index in [9.17, 15) is 19.7 Å². The molecule has 0 aromatic heterocycles. The number of amides is 2. The second kappa shape index (κ2) is 5.91. The normalized spacial score (nSPS) is 11.7. The molecule has 0 aliphatic heterocycles. The van der Waals surface area contributed by atoms with Crippen LogP contribution in [0, 0.1) is 17.0 Å². The van der Waals surface area contributed by atoms with Crippen molar-refractivity contribution in [1.82, 2.24) is 0 Å². The quantitative estimate of drug-likeness (QED) is 0.509. The molecule has 0 aliphatic rings. The van der Waals surface area contributed by atoms with Crippen molar-refractivity contribution in [2.24, 2.45) is 11.5 Å². The van der Waals surface area contributed by atoms with E-state index in [0.29, 0.717) is 5.56 Å². The van der Waals surface area contributed by atoms with Gasteiger partial charge in [-0.05, 0) is 18.6 Å². The van der Waals surface area contributed by atoms with Crippen LogP contribution in [0.1, 0.15) is 12.0 Å². The maximum absolute atomic E-state index is 11.6. The smallest absolute Gasteiger partial charge is 0.293 e. The number of nitrogens with one attached hydrogen (secondary N) is 1. The molecule has 5 N–H and O–H groups in total. The van der Waals surface area contributed by atoms with Crippen molar-refractivity contribution >= 4 is 23.2 Å². The number of nitrogens with zero attached hydrogens (tertiary/aromatic N) is 1. The van der Waals surface area contributed by atoms with Crippen molar-refractivity contribution in [3.8, 4) is 0 Å². The molecule has 0 aliphatic carbocycles. The number of rotatable bonds is 5. The summed E-state index contributed by atoms with van der Waals surface area (Å²) >= 11 is 0. The van der Waals surface area contributed by atoms with Gasteiger partial charge in [-0.2, -0.15) is 0 Å². The largest absolute Gasteiger partial charge is 0.370 e. The zero-order chi connectivity index (χ0) is 14.6. The van der Waals surface area contributed by atoms with E-state index >= 15 is 0 Å². The number of hydrogen-bond donors (Lipinski definition) is 3. The van der Waals surface area contributed by atoms with Crippen LogP contribution in [0.3, 0.4) is 0 Å². The van der Waals surface area contributed by atoms with E-state index in [1.165, 1.54) is 12.1 Å². The summed E-state index contributed by atoms with van der Waals surface area (Å²) in [5, 5.41) is 13.2. The molecule has 2 amide bonds. The van der Waals surface area contributed by atoms with Gasteiger partial charge >= 0.3 is 0 Å². The predicted octanol–water partition coefficient (Wildman–Crippen LogP) is 0.0444. The molecule has 0 saturated heterocycles. The Morgan fingerprint density at radius 3 is 2.63 bits per heavy atom. The summed E-state index contributed by atoms with van der Waals surface area (Å²) in [5.74, 6) is -1.42. The van der Waals surface area contributed by atoms with E-state index in [0.717, 1.165) is 0 Å². The number of carbonyl (C=O) groups is 2. The van der Waals surface area contributed by atoms with Crippen LogP contribution < -0.4 is 16.8 Å². The Balaban J connectivity index is 2.90. The first-order valence-corrected chi connectivity index (χ1v) is 5.41. The van der Waals surface area contributed by atoms with E-state index in [-0.39, 0.29) is 17.8 Å². The van der Waals surface area contributed by atoms with Gasteiger partial charge in [0.2, 0.25) is 11.8 Å². The zero-order valence-corrected chi connectivity index (χ0v) is 10.3. The van der Waals surface area contributed by atoms with E-state index in [2.05, 4.69) is 5.32 Å². The van der Waals surface area contributed by atoms with Crippen molar-refractivity contribution in [1.29, 1.82) is 0 Å². The zero-order valence-electron chi connectivity index (χ0n) is 10.3. The summed E-state index contributed by atoms with van der Waals surface area (Å²) in [6.45, 7) is 1.69. The number of benzene rings is 1. The molecular formula is C11H14N4O4. The first kappa shape index (κ1) is 14.6. The van der Waals surface area contributed by atoms with Gasteiger partial charge < -0.3 is 16.8 Å². The van der Waals surface area contributed by atoms with Crippen LogP contribution in [0.4, 0.5) is 11.4 Å². The maximum Gasteiger partial charge on any atom is 0.293 e. The molecule has 1 aromatic rings. The summed E-state index contributed by atoms with van der Waals surface area (Å²) in [4.78, 5) is 32.5. The van der Waals surface area contributed by atoms with Crippen LogP contribution in [0.2, 0.25) is 0 Å². The Bertz CT molecular complexity index is 529. The summed E-state index contributed by atoms with van der Waals surface area (Å²) < 4.78 is 0. The van der Waals surface area contributed by atoms with E-state index in [1.807, 2.05) is 0 Å². The van der Waals surface area contributed by atoms with Crippen molar-refractivity contribution in [2.45, 2.75) is 19.4 Å². The van der Waals surface area contributed by atoms with Crippen molar-refractivity contribution in [3.05, 3.63) is 33.9 Å². The molecule has 1 aromatic carbocycles. The lowest BCUT2D eigenvalue weighted by Crippen LogP contribution is -2.39. The Labute approximate surface area is 108 Å². The number of carbonyl (C=O) groups excluding carboxylic acids is 2. The molecule has 0 spiro atoms. The summed E-state index contributed by atoms with van der Waals surface area (Å²) in [7, 11) is 0. The minimum Gasteiger partial charge on any atom is -0.370 e. The van der Waals surface area contributed by atoms with E-state index < -0.39 is 22.8 Å². The first-order chi connectivity index (χ1) is 8.81. The van der Waals surface area contributed by atoms with E-state index in [1.54, 1.807) is 13.0 Å². The summed E-state index contributed by atoms with van der Waals surface area (Å²) in [6, 6.07) is 3.21. The Morgan fingerprint density at radius 1 is 1.47 bits per heavy atom. The van der Waals surface area contributed by atoms with Crippen LogP contribution in [0.15, 0.2) is 18.2 Å². The van der Waals surface area contributed by atoms with Gasteiger partial charge in [0.25, 0.3) is 5.69 Å². The number of anilines is 1. The van der Waals surface area contributed by atoms with Crippen LogP contribution in [0.5, 0.6) is 0 Å². The van der Waals surface area contributed by atoms with Crippen molar-refractivity contribution in [3.63, 3.8) is 0 Å². The second-order valence-corrected chi connectivity index (χ2v) is 4.04. The standard InChI is InChI=1S/C11H14N4O4/c1-6-2-3-8(9(4-6)15(18)19)14-11(17)7(12)5-10(13)16/h2-4,7H,5,12H2,1H3,(H2,13,16)(H,14,17). The monoisotopic (exact) mass is 266 g/mol. The van der Waals surface area contributed by atoms with Gasteiger partial charge in [-0.1, -0.05) is 6.07 Å². The van der Waals surface area contributed by atoms with Crippen LogP contribution in [-0.2, 0) is 9.59 Å². The lowest BCUT2D eigenvalue weighted by molar-refractivity contribution is -0.384. The molecule has 1 atom stereocenters. The van der Waals surface area contributed by atoms with Gasteiger partial charge in [-0.3, -0.25) is 19.7 Å². The molecule has 0 saturated carbocycles. The third kappa shape index (κ3) is 4.03. The number of hydrogen-bond acceptors (Lipinski definition) is 5. The van der Waals surface area contributed by atoms with Gasteiger partial charge in [-0.25, -0.2) is 0 Å². The highest BCUT2D eigenvalue weighted by Crippen LogP contribution is 2.25. The number of primary amides is 1. The highest BCUT2D eigenvalue weighted by Gasteiger charge is 2.20. The molecule has 102 valence electrons. The second-order valence-electron chi connectivity index (χ2n) is 4.04. The Kier molecular flexibility index (Phi) is 4.54. The average Bonchev–Trinajstić information content (AvgIpc) is 2.30. The highest BCUT2D eigenvalue weighted by atomic mass is 16.6. The minimum absolute atomic E-state index is 0.0283. The summed E-state index contributed by atoms with van der Waals surface area (Å²) in [6.07, 6.45) is -0.328. The summed E-state index contributed by atoms with van der Waals surface area (Å²) in [5.41, 5.74) is 10.8. The van der Waals surface area contributed by atoms with Crippen LogP contribution in [0.25, 0.3) is 0 Å². The number of nitrogens with two attached hydrogens (primary N) is 2. The Morgan fingerprint density at radius 2 is 2.11 bits per heavy atom. The van der Waals surface area contributed by atoms with Gasteiger partial charge in [0, 0.05) is 6.07 Å². The topological polar surface area (TPSA) is 141 Å². The average molecular weight is 266 g/mol. The van der Waals surface area contributed by atoms with Gasteiger partial charge in [-0.15, -0.1) is 0 Å². The molecule has 8 heteroatoms. The lowest BCUT2D eigenvalue weighted by atomic mass is 10.1. The molecule has 0 bridgehead atoms. The third-order valence-corrected chi connectivity index (χ3v) is 2.37. The molecule has 8 nitrogen and oxygen atoms in total. The van der Waals surface area contributed by atoms with Crippen LogP contribution in [-0.4, -0.2) is 22.8 Å². The fraction of sp³-hybridized carbons (Fsp3) is 0.273.